The van der Waals surface area contributed by atoms with E-state index in [2.05, 4.69) is 65.0 Å². The van der Waals surface area contributed by atoms with E-state index >= 15 is 0 Å². The van der Waals surface area contributed by atoms with Gasteiger partial charge in [0.1, 0.15) is 0 Å². The Balaban J connectivity index is 2.58. The molecule has 2 rings (SSSR count). The van der Waals surface area contributed by atoms with Gasteiger partial charge >= 0.3 is 0 Å². The van der Waals surface area contributed by atoms with Crippen molar-refractivity contribution < 1.29 is 0 Å². The fraction of sp³-hybridized carbons (Fsp3) is 0.421. The number of hydrogen-bond donors (Lipinski definition) is 0. The summed E-state index contributed by atoms with van der Waals surface area (Å²) in [6.45, 7) is 11.0. The molecule has 1 heterocycles. The van der Waals surface area contributed by atoms with E-state index in [1.165, 1.54) is 33.6 Å². The third-order valence-corrected chi connectivity index (χ3v) is 3.97. The van der Waals surface area contributed by atoms with Gasteiger partial charge in [-0.3, -0.25) is 4.98 Å². The van der Waals surface area contributed by atoms with Crippen LogP contribution in [0.4, 0.5) is 0 Å². The van der Waals surface area contributed by atoms with E-state index in [-0.39, 0.29) is 0 Å². The van der Waals surface area contributed by atoms with Crippen molar-refractivity contribution in [2.24, 2.45) is 0 Å². The molecule has 1 aromatic carbocycles. The average Bonchev–Trinajstić information content (AvgIpc) is 2.42. The van der Waals surface area contributed by atoms with E-state index in [0.29, 0.717) is 5.92 Å². The van der Waals surface area contributed by atoms with Crippen LogP contribution < -0.4 is 0 Å². The second kappa shape index (κ2) is 6.21. The molecule has 0 radical (unpaired) electrons. The van der Waals surface area contributed by atoms with Gasteiger partial charge in [-0.2, -0.15) is 0 Å². The van der Waals surface area contributed by atoms with Gasteiger partial charge in [0.2, 0.25) is 0 Å². The summed E-state index contributed by atoms with van der Waals surface area (Å²) in [6, 6.07) is 11.0. The third kappa shape index (κ3) is 2.92. The zero-order chi connectivity index (χ0) is 14.7. The molecule has 1 nitrogen and oxygen atoms in total. The van der Waals surface area contributed by atoms with Crippen LogP contribution in [-0.2, 0) is 6.42 Å². The van der Waals surface area contributed by atoms with Gasteiger partial charge < -0.3 is 0 Å². The van der Waals surface area contributed by atoms with Crippen molar-refractivity contribution in [3.63, 3.8) is 0 Å². The zero-order valence-electron chi connectivity index (χ0n) is 13.3. The summed E-state index contributed by atoms with van der Waals surface area (Å²) in [7, 11) is 0. The Morgan fingerprint density at radius 3 is 2.40 bits per heavy atom. The summed E-state index contributed by atoms with van der Waals surface area (Å²) in [6.07, 6.45) is 2.18. The molecule has 1 aromatic heterocycles. The van der Waals surface area contributed by atoms with Crippen LogP contribution in [0.1, 0.15) is 55.6 Å². The number of pyridine rings is 1. The molecule has 0 bridgehead atoms. The minimum Gasteiger partial charge on any atom is -0.257 e. The lowest BCUT2D eigenvalue weighted by molar-refractivity contribution is 0.792. The van der Waals surface area contributed by atoms with Crippen LogP contribution in [0, 0.1) is 13.8 Å². The molecule has 0 saturated heterocycles. The van der Waals surface area contributed by atoms with Crippen LogP contribution in [0.25, 0.3) is 11.1 Å². The first-order valence-electron chi connectivity index (χ1n) is 7.61. The highest BCUT2D eigenvalue weighted by atomic mass is 14.7. The van der Waals surface area contributed by atoms with Crippen LogP contribution in [0.15, 0.2) is 30.3 Å². The van der Waals surface area contributed by atoms with Gasteiger partial charge in [-0.05, 0) is 48.9 Å². The average molecular weight is 267 g/mol. The Kier molecular flexibility index (Phi) is 4.59. The van der Waals surface area contributed by atoms with Gasteiger partial charge in [0.05, 0.1) is 0 Å². The smallest absolute Gasteiger partial charge is 0.0485 e. The fourth-order valence-electron chi connectivity index (χ4n) is 2.56. The molecular formula is C19H25N. The monoisotopic (exact) mass is 267 g/mol. The first-order chi connectivity index (χ1) is 9.54. The molecule has 0 amide bonds. The molecule has 0 N–H and O–H groups in total. The van der Waals surface area contributed by atoms with Crippen molar-refractivity contribution in [1.82, 2.24) is 4.98 Å². The van der Waals surface area contributed by atoms with Crippen LogP contribution in [0.3, 0.4) is 0 Å². The Morgan fingerprint density at radius 2 is 1.75 bits per heavy atom. The zero-order valence-corrected chi connectivity index (χ0v) is 13.3. The molecule has 0 aliphatic carbocycles. The van der Waals surface area contributed by atoms with Crippen molar-refractivity contribution in [3.05, 3.63) is 52.8 Å². The van der Waals surface area contributed by atoms with Crippen LogP contribution >= 0.6 is 0 Å². The predicted molar refractivity (Wildman–Crippen MR) is 87.2 cm³/mol. The first-order valence-corrected chi connectivity index (χ1v) is 7.61. The quantitative estimate of drug-likeness (QED) is 0.718. The number of rotatable bonds is 4. The molecule has 0 spiro atoms. The molecule has 0 aliphatic rings. The molecule has 0 atom stereocenters. The molecule has 0 aliphatic heterocycles. The molecule has 1 heteroatoms. The van der Waals surface area contributed by atoms with Crippen molar-refractivity contribution in [3.8, 4) is 11.1 Å². The second-order valence-electron chi connectivity index (χ2n) is 5.88. The van der Waals surface area contributed by atoms with Crippen molar-refractivity contribution >= 4 is 0 Å². The van der Waals surface area contributed by atoms with Crippen LogP contribution in [-0.4, -0.2) is 4.98 Å². The second-order valence-corrected chi connectivity index (χ2v) is 5.88. The van der Waals surface area contributed by atoms with Crippen molar-refractivity contribution in [1.29, 1.82) is 0 Å². The third-order valence-electron chi connectivity index (χ3n) is 3.97. The maximum atomic E-state index is 4.91. The minimum atomic E-state index is 0.485. The number of nitrogens with zero attached hydrogens (tertiary/aromatic N) is 1. The predicted octanol–water partition coefficient (Wildman–Crippen LogP) is 5.44. The molecule has 20 heavy (non-hydrogen) atoms. The SMILES string of the molecule is CCCc1nc(C(C)C)ccc1-c1cccc(C)c1C. The minimum absolute atomic E-state index is 0.485. The van der Waals surface area contributed by atoms with E-state index in [9.17, 15) is 0 Å². The van der Waals surface area contributed by atoms with Crippen LogP contribution in [0.2, 0.25) is 0 Å². The summed E-state index contributed by atoms with van der Waals surface area (Å²) in [5, 5.41) is 0. The lowest BCUT2D eigenvalue weighted by Gasteiger charge is -2.15. The van der Waals surface area contributed by atoms with Crippen molar-refractivity contribution in [2.75, 3.05) is 0 Å². The van der Waals surface area contributed by atoms with Gasteiger partial charge in [-0.25, -0.2) is 0 Å². The lowest BCUT2D eigenvalue weighted by atomic mass is 9.94. The molecule has 0 saturated carbocycles. The van der Waals surface area contributed by atoms with E-state index in [4.69, 9.17) is 4.98 Å². The summed E-state index contributed by atoms with van der Waals surface area (Å²) < 4.78 is 0. The number of hydrogen-bond acceptors (Lipinski definition) is 1. The van der Waals surface area contributed by atoms with Gasteiger partial charge in [0, 0.05) is 17.0 Å². The molecule has 106 valence electrons. The van der Waals surface area contributed by atoms with Crippen LogP contribution in [0.5, 0.6) is 0 Å². The Bertz CT molecular complexity index is 597. The summed E-state index contributed by atoms with van der Waals surface area (Å²) >= 11 is 0. The van der Waals surface area contributed by atoms with Gasteiger partial charge in [0.25, 0.3) is 0 Å². The molecule has 0 unspecified atom stereocenters. The topological polar surface area (TPSA) is 12.9 Å². The van der Waals surface area contributed by atoms with Gasteiger partial charge in [0.15, 0.2) is 0 Å². The van der Waals surface area contributed by atoms with Gasteiger partial charge in [-0.15, -0.1) is 0 Å². The Morgan fingerprint density at radius 1 is 1.00 bits per heavy atom. The van der Waals surface area contributed by atoms with E-state index in [0.717, 1.165) is 12.8 Å². The van der Waals surface area contributed by atoms with Gasteiger partial charge in [-0.1, -0.05) is 51.5 Å². The number of aryl methyl sites for hydroxylation is 2. The number of benzene rings is 1. The first kappa shape index (κ1) is 14.8. The number of aromatic nitrogens is 1. The highest BCUT2D eigenvalue weighted by molar-refractivity contribution is 5.70. The highest BCUT2D eigenvalue weighted by Crippen LogP contribution is 2.29. The highest BCUT2D eigenvalue weighted by Gasteiger charge is 2.12. The maximum absolute atomic E-state index is 4.91. The van der Waals surface area contributed by atoms with E-state index < -0.39 is 0 Å². The fourth-order valence-corrected chi connectivity index (χ4v) is 2.56. The maximum Gasteiger partial charge on any atom is 0.0485 e. The molecule has 2 aromatic rings. The van der Waals surface area contributed by atoms with Crippen molar-refractivity contribution in [2.45, 2.75) is 53.4 Å². The summed E-state index contributed by atoms with van der Waals surface area (Å²) in [4.78, 5) is 4.91. The molecule has 0 fully saturated rings. The van der Waals surface area contributed by atoms with E-state index in [1.807, 2.05) is 0 Å². The summed E-state index contributed by atoms with van der Waals surface area (Å²) in [5.74, 6) is 0.485. The normalized spacial score (nSPS) is 11.1. The largest absolute Gasteiger partial charge is 0.257 e. The molecular weight excluding hydrogens is 242 g/mol. The lowest BCUT2D eigenvalue weighted by Crippen LogP contribution is -2.01. The summed E-state index contributed by atoms with van der Waals surface area (Å²) in [5.41, 5.74) is 7.78. The Hall–Kier alpha value is -1.63. The van der Waals surface area contributed by atoms with E-state index in [1.54, 1.807) is 0 Å². The standard InChI is InChI=1S/C19H25N/c1-6-8-19-17(11-12-18(20-19)13(2)3)16-10-7-9-14(4)15(16)5/h7,9-13H,6,8H2,1-5H3. The Labute approximate surface area is 123 Å².